The summed E-state index contributed by atoms with van der Waals surface area (Å²) >= 11 is 0. The highest BCUT2D eigenvalue weighted by molar-refractivity contribution is 6.81. The van der Waals surface area contributed by atoms with Crippen LogP contribution in [0.3, 0.4) is 0 Å². The van der Waals surface area contributed by atoms with Gasteiger partial charge in [-0.15, -0.1) is 6.42 Å². The lowest BCUT2D eigenvalue weighted by Gasteiger charge is -2.28. The first-order chi connectivity index (χ1) is 8.89. The molecule has 4 heteroatoms. The van der Waals surface area contributed by atoms with E-state index >= 15 is 0 Å². The summed E-state index contributed by atoms with van der Waals surface area (Å²) in [7, 11) is -1.45. The molecule has 0 aliphatic carbocycles. The van der Waals surface area contributed by atoms with Gasteiger partial charge in [-0.2, -0.15) is 0 Å². The van der Waals surface area contributed by atoms with E-state index in [1.807, 2.05) is 13.8 Å². The molecule has 3 atom stereocenters. The lowest BCUT2D eigenvalue weighted by Crippen LogP contribution is -2.46. The van der Waals surface area contributed by atoms with Crippen LogP contribution in [0.2, 0.25) is 18.1 Å². The second kappa shape index (κ2) is 4.89. The summed E-state index contributed by atoms with van der Waals surface area (Å²) in [5.74, 6) is 2.36. The zero-order chi connectivity index (χ0) is 14.3. The Morgan fingerprint density at radius 1 is 1.16 bits per heavy atom. The Bertz CT molecular complexity index is 375. The fourth-order valence-electron chi connectivity index (χ4n) is 3.39. The lowest BCUT2D eigenvalue weighted by atomic mass is 10.1. The van der Waals surface area contributed by atoms with Crippen LogP contribution in [0.25, 0.3) is 0 Å². The first-order valence-electron chi connectivity index (χ1n) is 7.37. The number of ether oxygens (including phenoxy) is 3. The molecule has 0 saturated carbocycles. The van der Waals surface area contributed by atoms with Crippen LogP contribution in [-0.2, 0) is 14.2 Å². The van der Waals surface area contributed by atoms with Crippen molar-refractivity contribution >= 4 is 8.07 Å². The van der Waals surface area contributed by atoms with Crippen LogP contribution in [0.5, 0.6) is 0 Å². The number of terminal acetylenes is 1. The van der Waals surface area contributed by atoms with Crippen molar-refractivity contribution in [2.75, 3.05) is 6.61 Å². The van der Waals surface area contributed by atoms with Gasteiger partial charge in [-0.05, 0) is 13.8 Å². The summed E-state index contributed by atoms with van der Waals surface area (Å²) in [6.07, 6.45) is 5.68. The van der Waals surface area contributed by atoms with Crippen molar-refractivity contribution in [2.24, 2.45) is 0 Å². The highest BCUT2D eigenvalue weighted by atomic mass is 28.3. The van der Waals surface area contributed by atoms with Gasteiger partial charge in [0.25, 0.3) is 0 Å². The summed E-state index contributed by atoms with van der Waals surface area (Å²) in [5, 5.41) is 0. The van der Waals surface area contributed by atoms with Gasteiger partial charge in [-0.25, -0.2) is 0 Å². The van der Waals surface area contributed by atoms with Crippen molar-refractivity contribution in [3.63, 3.8) is 0 Å². The maximum atomic E-state index is 6.09. The van der Waals surface area contributed by atoms with Gasteiger partial charge in [-0.1, -0.05) is 44.8 Å². The molecule has 0 N–H and O–H groups in total. The molecule has 0 spiro atoms. The van der Waals surface area contributed by atoms with Crippen molar-refractivity contribution in [3.8, 4) is 12.3 Å². The third-order valence-corrected chi connectivity index (χ3v) is 10.9. The van der Waals surface area contributed by atoms with Gasteiger partial charge in [0.15, 0.2) is 11.4 Å². The van der Waals surface area contributed by atoms with Gasteiger partial charge in [0.2, 0.25) is 0 Å². The Balaban J connectivity index is 2.19. The monoisotopic (exact) mass is 282 g/mol. The number of hydrogen-bond acceptors (Lipinski definition) is 3. The average molecular weight is 282 g/mol. The standard InChI is InChI=1S/C15H26O3Si/c1-7-15(12-11-16-14(5,6)17-12)13(18-15)19(8-2,9-3)10-4/h1,12-13H,8-11H2,2-6H3/t12-,13+,15-/m1/s1. The van der Waals surface area contributed by atoms with E-state index in [2.05, 4.69) is 26.7 Å². The quantitative estimate of drug-likeness (QED) is 0.441. The van der Waals surface area contributed by atoms with E-state index in [4.69, 9.17) is 20.6 Å². The average Bonchev–Trinajstić information content (AvgIpc) is 3.04. The zero-order valence-corrected chi connectivity index (χ0v) is 13.8. The van der Waals surface area contributed by atoms with E-state index in [1.54, 1.807) is 0 Å². The summed E-state index contributed by atoms with van der Waals surface area (Å²) in [5.41, 5.74) is -0.297. The van der Waals surface area contributed by atoms with Crippen LogP contribution in [0.4, 0.5) is 0 Å². The summed E-state index contributed by atoms with van der Waals surface area (Å²) < 4.78 is 17.7. The molecule has 0 aromatic heterocycles. The molecule has 0 radical (unpaired) electrons. The zero-order valence-electron chi connectivity index (χ0n) is 12.8. The van der Waals surface area contributed by atoms with Gasteiger partial charge in [0, 0.05) is 0 Å². The van der Waals surface area contributed by atoms with Crippen molar-refractivity contribution in [1.82, 2.24) is 0 Å². The summed E-state index contributed by atoms with van der Waals surface area (Å²) in [4.78, 5) is 0. The van der Waals surface area contributed by atoms with Crippen LogP contribution < -0.4 is 0 Å². The van der Waals surface area contributed by atoms with Crippen LogP contribution in [0.15, 0.2) is 0 Å². The van der Waals surface area contributed by atoms with Crippen molar-refractivity contribution in [3.05, 3.63) is 0 Å². The highest BCUT2D eigenvalue weighted by Gasteiger charge is 2.69. The van der Waals surface area contributed by atoms with E-state index in [-0.39, 0.29) is 11.8 Å². The third-order valence-electron chi connectivity index (χ3n) is 5.03. The van der Waals surface area contributed by atoms with Crippen molar-refractivity contribution in [2.45, 2.75) is 76.0 Å². The summed E-state index contributed by atoms with van der Waals surface area (Å²) in [6, 6.07) is 3.64. The minimum atomic E-state index is -1.45. The molecule has 2 heterocycles. The molecule has 2 aliphatic rings. The third kappa shape index (κ3) is 2.27. The van der Waals surface area contributed by atoms with Crippen LogP contribution in [0.1, 0.15) is 34.6 Å². The first kappa shape index (κ1) is 15.1. The molecule has 108 valence electrons. The van der Waals surface area contributed by atoms with E-state index in [0.29, 0.717) is 6.61 Å². The minimum absolute atomic E-state index is 0.117. The van der Waals surface area contributed by atoms with Gasteiger partial charge < -0.3 is 14.2 Å². The topological polar surface area (TPSA) is 31.0 Å². The van der Waals surface area contributed by atoms with Gasteiger partial charge in [0.05, 0.1) is 20.4 Å². The first-order valence-corrected chi connectivity index (χ1v) is 10.1. The number of hydrogen-bond donors (Lipinski definition) is 0. The molecule has 0 aromatic carbocycles. The molecular formula is C15H26O3Si. The Hall–Kier alpha value is -0.343. The minimum Gasteiger partial charge on any atom is -0.353 e. The molecule has 0 amide bonds. The van der Waals surface area contributed by atoms with Crippen molar-refractivity contribution < 1.29 is 14.2 Å². The van der Waals surface area contributed by atoms with Crippen molar-refractivity contribution in [1.29, 1.82) is 0 Å². The number of rotatable bonds is 5. The molecule has 2 aliphatic heterocycles. The predicted molar refractivity (Wildman–Crippen MR) is 78.5 cm³/mol. The normalized spacial score (nSPS) is 37.1. The molecule has 2 fully saturated rings. The molecule has 0 aromatic rings. The SMILES string of the molecule is C#C[C@]1([C@H]2COC(C)(C)O2)O[C@H]1[Si](CC)(CC)CC. The Labute approximate surface area is 118 Å². The molecule has 19 heavy (non-hydrogen) atoms. The second-order valence-electron chi connectivity index (χ2n) is 6.18. The van der Waals surface area contributed by atoms with E-state index in [1.165, 1.54) is 18.1 Å². The molecule has 2 rings (SSSR count). The van der Waals surface area contributed by atoms with Crippen LogP contribution >= 0.6 is 0 Å². The molecule has 0 bridgehead atoms. The Morgan fingerprint density at radius 2 is 1.74 bits per heavy atom. The van der Waals surface area contributed by atoms with Gasteiger partial charge in [0.1, 0.15) is 6.10 Å². The Kier molecular flexibility index (Phi) is 3.87. The fraction of sp³-hybridized carbons (Fsp3) is 0.867. The summed E-state index contributed by atoms with van der Waals surface area (Å²) in [6.45, 7) is 11.2. The molecule has 3 nitrogen and oxygen atoms in total. The van der Waals surface area contributed by atoms with E-state index < -0.39 is 19.5 Å². The molecule has 0 unspecified atom stereocenters. The highest BCUT2D eigenvalue weighted by Crippen LogP contribution is 2.51. The van der Waals surface area contributed by atoms with E-state index in [0.717, 1.165) is 0 Å². The second-order valence-corrected chi connectivity index (χ2v) is 11.5. The largest absolute Gasteiger partial charge is 0.353 e. The van der Waals surface area contributed by atoms with Gasteiger partial charge >= 0.3 is 0 Å². The van der Waals surface area contributed by atoms with E-state index in [9.17, 15) is 0 Å². The molecule has 2 saturated heterocycles. The lowest BCUT2D eigenvalue weighted by molar-refractivity contribution is -0.143. The maximum Gasteiger partial charge on any atom is 0.179 e. The maximum absolute atomic E-state index is 6.09. The fourth-order valence-corrected chi connectivity index (χ4v) is 7.63. The van der Waals surface area contributed by atoms with Gasteiger partial charge in [-0.3, -0.25) is 0 Å². The molecular weight excluding hydrogens is 256 g/mol. The smallest absolute Gasteiger partial charge is 0.179 e. The van der Waals surface area contributed by atoms with Crippen LogP contribution in [-0.4, -0.2) is 37.9 Å². The predicted octanol–water partition coefficient (Wildman–Crippen LogP) is 2.96. The number of epoxide rings is 1. The van der Waals surface area contributed by atoms with Crippen LogP contribution in [0, 0.1) is 12.3 Å². The Morgan fingerprint density at radius 3 is 2.11 bits per heavy atom.